The van der Waals surface area contributed by atoms with E-state index < -0.39 is 12.0 Å². The molecular formula is C23H23N3O4. The van der Waals surface area contributed by atoms with Crippen molar-refractivity contribution in [1.82, 2.24) is 9.78 Å². The smallest absolute Gasteiger partial charge is 0.276 e. The number of ether oxygens (including phenoxy) is 1. The minimum absolute atomic E-state index is 0.129. The molecule has 0 radical (unpaired) electrons. The predicted molar refractivity (Wildman–Crippen MR) is 113 cm³/mol. The molecule has 0 saturated heterocycles. The van der Waals surface area contributed by atoms with Crippen LogP contribution < -0.4 is 15.6 Å². The second-order valence-electron chi connectivity index (χ2n) is 7.29. The third kappa shape index (κ3) is 4.58. The number of aliphatic hydroxyl groups is 1. The van der Waals surface area contributed by atoms with E-state index in [4.69, 9.17) is 4.74 Å². The molecule has 2 atom stereocenters. The highest BCUT2D eigenvalue weighted by molar-refractivity contribution is 6.02. The van der Waals surface area contributed by atoms with Gasteiger partial charge in [-0.3, -0.25) is 9.59 Å². The van der Waals surface area contributed by atoms with Gasteiger partial charge in [-0.1, -0.05) is 24.6 Å². The molecule has 1 saturated carbocycles. The fraction of sp³-hybridized carbons (Fsp3) is 0.261. The molecule has 1 aliphatic rings. The fourth-order valence-electron chi connectivity index (χ4n) is 3.49. The maximum atomic E-state index is 12.6. The number of carbonyl (C=O) groups is 1. The molecule has 1 heterocycles. The van der Waals surface area contributed by atoms with E-state index in [0.717, 1.165) is 25.7 Å². The summed E-state index contributed by atoms with van der Waals surface area (Å²) in [5, 5.41) is 17.0. The number of carbonyl (C=O) groups excluding carboxylic acids is 1. The van der Waals surface area contributed by atoms with Crippen LogP contribution in [-0.4, -0.2) is 33.0 Å². The van der Waals surface area contributed by atoms with Crippen LogP contribution in [0.1, 0.15) is 36.2 Å². The van der Waals surface area contributed by atoms with Gasteiger partial charge in [0.2, 0.25) is 0 Å². The number of amides is 1. The summed E-state index contributed by atoms with van der Waals surface area (Å²) in [5.74, 6) is 0.228. The Morgan fingerprint density at radius 3 is 2.47 bits per heavy atom. The highest BCUT2D eigenvalue weighted by atomic mass is 16.5. The zero-order chi connectivity index (χ0) is 20.9. The number of rotatable bonds is 5. The lowest BCUT2D eigenvalue weighted by Crippen LogP contribution is -2.34. The lowest BCUT2D eigenvalue weighted by atomic mass is 9.95. The van der Waals surface area contributed by atoms with Crippen molar-refractivity contribution in [2.45, 2.75) is 37.9 Å². The molecule has 2 aromatic carbocycles. The van der Waals surface area contributed by atoms with E-state index in [0.29, 0.717) is 17.1 Å². The van der Waals surface area contributed by atoms with Crippen LogP contribution in [0.5, 0.6) is 5.75 Å². The second kappa shape index (κ2) is 8.92. The van der Waals surface area contributed by atoms with Crippen LogP contribution in [-0.2, 0) is 0 Å². The Morgan fingerprint density at radius 2 is 1.73 bits per heavy atom. The minimum Gasteiger partial charge on any atom is -0.488 e. The van der Waals surface area contributed by atoms with Gasteiger partial charge in [0.1, 0.15) is 17.5 Å². The Labute approximate surface area is 173 Å². The van der Waals surface area contributed by atoms with Crippen molar-refractivity contribution in [2.75, 3.05) is 5.32 Å². The van der Waals surface area contributed by atoms with Crippen LogP contribution in [0.25, 0.3) is 5.69 Å². The SMILES string of the molecule is O=C(Nc1ccc(O[C@H]2CCCC[C@H]2O)cc1)c1ccc(=O)n(-c2ccccc2)n1. The van der Waals surface area contributed by atoms with E-state index in [1.807, 2.05) is 6.07 Å². The van der Waals surface area contributed by atoms with E-state index >= 15 is 0 Å². The molecule has 154 valence electrons. The lowest BCUT2D eigenvalue weighted by Gasteiger charge is -2.28. The summed E-state index contributed by atoms with van der Waals surface area (Å²) in [6.07, 6.45) is 3.04. The molecule has 30 heavy (non-hydrogen) atoms. The van der Waals surface area contributed by atoms with E-state index in [2.05, 4.69) is 10.4 Å². The topological polar surface area (TPSA) is 93.5 Å². The van der Waals surface area contributed by atoms with Gasteiger partial charge < -0.3 is 15.2 Å². The van der Waals surface area contributed by atoms with E-state index in [9.17, 15) is 14.7 Å². The molecule has 7 nitrogen and oxygen atoms in total. The van der Waals surface area contributed by atoms with Gasteiger partial charge in [0.15, 0.2) is 0 Å². The number of nitrogens with one attached hydrogen (secondary N) is 1. The predicted octanol–water partition coefficient (Wildman–Crippen LogP) is 3.17. The number of hydrogen-bond donors (Lipinski definition) is 2. The highest BCUT2D eigenvalue weighted by Gasteiger charge is 2.24. The average molecular weight is 405 g/mol. The molecular weight excluding hydrogens is 382 g/mol. The third-order valence-corrected chi connectivity index (χ3v) is 5.10. The molecule has 1 fully saturated rings. The normalized spacial score (nSPS) is 18.6. The van der Waals surface area contributed by atoms with Gasteiger partial charge in [-0.2, -0.15) is 9.78 Å². The number of nitrogens with zero attached hydrogens (tertiary/aromatic N) is 2. The van der Waals surface area contributed by atoms with E-state index in [1.54, 1.807) is 48.5 Å². The summed E-state index contributed by atoms with van der Waals surface area (Å²) in [6, 6.07) is 18.6. The number of benzene rings is 2. The molecule has 3 aromatic rings. The summed E-state index contributed by atoms with van der Waals surface area (Å²) in [5.41, 5.74) is 0.979. The van der Waals surface area contributed by atoms with Crippen LogP contribution in [0.4, 0.5) is 5.69 Å². The molecule has 0 unspecified atom stereocenters. The van der Waals surface area contributed by atoms with Crippen molar-refractivity contribution in [2.24, 2.45) is 0 Å². The molecule has 0 aliphatic heterocycles. The van der Waals surface area contributed by atoms with Gasteiger partial charge >= 0.3 is 0 Å². The minimum atomic E-state index is -0.440. The monoisotopic (exact) mass is 405 g/mol. The van der Waals surface area contributed by atoms with Crippen molar-refractivity contribution in [3.63, 3.8) is 0 Å². The number of para-hydroxylation sites is 1. The standard InChI is InChI=1S/C23H23N3O4/c27-20-8-4-5-9-21(20)30-18-12-10-16(11-13-18)24-23(29)19-14-15-22(28)26(25-19)17-6-2-1-3-7-17/h1-3,6-7,10-15,20-21,27H,4-5,8-9H2,(H,24,29)/t20-,21+/m1/s1. The van der Waals surface area contributed by atoms with Crippen molar-refractivity contribution in [3.8, 4) is 11.4 Å². The zero-order valence-electron chi connectivity index (χ0n) is 16.4. The summed E-state index contributed by atoms with van der Waals surface area (Å²) in [7, 11) is 0. The Morgan fingerprint density at radius 1 is 1.00 bits per heavy atom. The quantitative estimate of drug-likeness (QED) is 0.680. The average Bonchev–Trinajstić information content (AvgIpc) is 2.77. The molecule has 1 aliphatic carbocycles. The lowest BCUT2D eigenvalue weighted by molar-refractivity contribution is 0.00688. The van der Waals surface area contributed by atoms with Crippen LogP contribution in [0.15, 0.2) is 71.5 Å². The largest absolute Gasteiger partial charge is 0.488 e. The third-order valence-electron chi connectivity index (χ3n) is 5.10. The Bertz CT molecular complexity index is 1060. The van der Waals surface area contributed by atoms with Gasteiger partial charge in [-0.05, 0) is 61.7 Å². The molecule has 0 spiro atoms. The first-order valence-corrected chi connectivity index (χ1v) is 10.0. The van der Waals surface area contributed by atoms with Gasteiger partial charge in [0.25, 0.3) is 11.5 Å². The van der Waals surface area contributed by atoms with Crippen LogP contribution in [0, 0.1) is 0 Å². The molecule has 1 aromatic heterocycles. The summed E-state index contributed by atoms with van der Waals surface area (Å²) < 4.78 is 7.07. The van der Waals surface area contributed by atoms with Crippen LogP contribution in [0.2, 0.25) is 0 Å². The number of aromatic nitrogens is 2. The Balaban J connectivity index is 1.44. The van der Waals surface area contributed by atoms with Gasteiger partial charge in [0, 0.05) is 11.8 Å². The highest BCUT2D eigenvalue weighted by Crippen LogP contribution is 2.25. The molecule has 7 heteroatoms. The maximum absolute atomic E-state index is 12.6. The zero-order valence-corrected chi connectivity index (χ0v) is 16.4. The van der Waals surface area contributed by atoms with E-state index in [-0.39, 0.29) is 17.4 Å². The molecule has 1 amide bonds. The Kier molecular flexibility index (Phi) is 5.90. The number of aliphatic hydroxyl groups excluding tert-OH is 1. The van der Waals surface area contributed by atoms with Crippen LogP contribution >= 0.6 is 0 Å². The van der Waals surface area contributed by atoms with Gasteiger partial charge in [0.05, 0.1) is 11.8 Å². The first-order valence-electron chi connectivity index (χ1n) is 10.0. The van der Waals surface area contributed by atoms with Crippen molar-refractivity contribution >= 4 is 11.6 Å². The first-order chi connectivity index (χ1) is 14.6. The number of hydrogen-bond acceptors (Lipinski definition) is 5. The molecule has 0 bridgehead atoms. The van der Waals surface area contributed by atoms with E-state index in [1.165, 1.54) is 16.8 Å². The van der Waals surface area contributed by atoms with Crippen molar-refractivity contribution in [3.05, 3.63) is 82.8 Å². The van der Waals surface area contributed by atoms with Crippen LogP contribution in [0.3, 0.4) is 0 Å². The molecule has 4 rings (SSSR count). The summed E-state index contributed by atoms with van der Waals surface area (Å²) in [4.78, 5) is 24.7. The van der Waals surface area contributed by atoms with Gasteiger partial charge in [-0.25, -0.2) is 0 Å². The van der Waals surface area contributed by atoms with Gasteiger partial charge in [-0.15, -0.1) is 0 Å². The van der Waals surface area contributed by atoms with Crippen molar-refractivity contribution < 1.29 is 14.6 Å². The Hall–Kier alpha value is -3.45. The first kappa shape index (κ1) is 19.8. The second-order valence-corrected chi connectivity index (χ2v) is 7.29. The summed E-state index contributed by atoms with van der Waals surface area (Å²) in [6.45, 7) is 0. The molecule has 2 N–H and O–H groups in total. The number of anilines is 1. The summed E-state index contributed by atoms with van der Waals surface area (Å²) >= 11 is 0. The van der Waals surface area contributed by atoms with Crippen molar-refractivity contribution in [1.29, 1.82) is 0 Å². The maximum Gasteiger partial charge on any atom is 0.276 e. The fourth-order valence-corrected chi connectivity index (χ4v) is 3.49.